The smallest absolute Gasteiger partial charge is 0.425 e. The fourth-order valence-corrected chi connectivity index (χ4v) is 8.57. The highest BCUT2D eigenvalue weighted by Crippen LogP contribution is 2.42. The molecule has 1 aromatic rings. The molecule has 4 rings (SSSR count). The number of ketones is 1. The van der Waals surface area contributed by atoms with Gasteiger partial charge in [0.1, 0.15) is 24.0 Å². The number of cyclic esters (lactones) is 1. The lowest BCUT2D eigenvalue weighted by Gasteiger charge is -2.46. The predicted octanol–water partition coefficient (Wildman–Crippen LogP) is 5.07. The summed E-state index contributed by atoms with van der Waals surface area (Å²) in [4.78, 5) is 44.0. The summed E-state index contributed by atoms with van der Waals surface area (Å²) in [7, 11) is 5.41. The van der Waals surface area contributed by atoms with Crippen LogP contribution in [0.15, 0.2) is 42.0 Å². The van der Waals surface area contributed by atoms with Gasteiger partial charge in [-0.25, -0.2) is 20.0 Å². The molecule has 0 bridgehead atoms. The van der Waals surface area contributed by atoms with Crippen LogP contribution in [0.1, 0.15) is 86.6 Å². The number of aliphatic hydroxyl groups excluding tert-OH is 1. The number of likely N-dealkylation sites (N-methyl/N-ethyl adjacent to an activating group) is 1. The minimum absolute atomic E-state index is 0.0968. The highest BCUT2D eigenvalue weighted by molar-refractivity contribution is 5.88. The van der Waals surface area contributed by atoms with Gasteiger partial charge in [-0.15, -0.1) is 0 Å². The Labute approximate surface area is 310 Å². The Hall–Kier alpha value is -2.87. The Morgan fingerprint density at radius 3 is 2.37 bits per heavy atom. The van der Waals surface area contributed by atoms with Crippen LogP contribution in [0.4, 0.5) is 4.79 Å². The van der Waals surface area contributed by atoms with Gasteiger partial charge >= 0.3 is 12.1 Å². The van der Waals surface area contributed by atoms with Crippen LogP contribution in [0.2, 0.25) is 0 Å². The van der Waals surface area contributed by atoms with E-state index in [2.05, 4.69) is 17.6 Å². The zero-order chi connectivity index (χ0) is 38.5. The van der Waals surface area contributed by atoms with E-state index >= 15 is 0 Å². The van der Waals surface area contributed by atoms with Crippen LogP contribution in [0.3, 0.4) is 0 Å². The van der Waals surface area contributed by atoms with Gasteiger partial charge in [-0.2, -0.15) is 0 Å². The fourth-order valence-electron chi connectivity index (χ4n) is 8.57. The van der Waals surface area contributed by atoms with Gasteiger partial charge < -0.3 is 33.7 Å². The maximum absolute atomic E-state index is 14.6. The van der Waals surface area contributed by atoms with E-state index in [1.54, 1.807) is 27.0 Å². The largest absolute Gasteiger partial charge is 0.455 e. The molecule has 2 saturated heterocycles. The Morgan fingerprint density at radius 2 is 1.75 bits per heavy atom. The molecule has 0 aromatic heterocycles. The number of carbonyl (C=O) groups excluding carboxylic acids is 3. The van der Waals surface area contributed by atoms with Gasteiger partial charge in [0.05, 0.1) is 17.8 Å². The quantitative estimate of drug-likeness (QED) is 0.247. The number of amides is 1. The van der Waals surface area contributed by atoms with E-state index in [1.807, 2.05) is 78.7 Å². The number of esters is 1. The number of fused-ring (bicyclic) bond motifs is 1. The summed E-state index contributed by atoms with van der Waals surface area (Å²) < 4.78 is 31.4. The third-order valence-corrected chi connectivity index (χ3v) is 11.5. The summed E-state index contributed by atoms with van der Waals surface area (Å²) in [6.45, 7) is 15.2. The molecule has 0 aliphatic carbocycles. The molecular weight excluding hydrogens is 666 g/mol. The summed E-state index contributed by atoms with van der Waals surface area (Å²) in [5.74, 6) is -2.36. The van der Waals surface area contributed by atoms with Crippen LogP contribution in [-0.2, 0) is 39.7 Å². The van der Waals surface area contributed by atoms with Crippen LogP contribution >= 0.6 is 0 Å². The van der Waals surface area contributed by atoms with E-state index in [1.165, 1.54) is 10.6 Å². The summed E-state index contributed by atoms with van der Waals surface area (Å²) >= 11 is 0. The maximum Gasteiger partial charge on any atom is 0.425 e. The Morgan fingerprint density at radius 1 is 1.08 bits per heavy atom. The fraction of sp³-hybridized carbons (Fsp3) is 0.725. The zero-order valence-corrected chi connectivity index (χ0v) is 33.1. The number of rotatable bonds is 10. The average molecular weight is 730 g/mol. The van der Waals surface area contributed by atoms with Gasteiger partial charge in [0.15, 0.2) is 11.9 Å². The van der Waals surface area contributed by atoms with Gasteiger partial charge in [0.2, 0.25) is 0 Å². The van der Waals surface area contributed by atoms with Crippen LogP contribution in [0, 0.1) is 17.8 Å². The van der Waals surface area contributed by atoms with E-state index in [0.29, 0.717) is 25.0 Å². The molecule has 0 spiro atoms. The minimum atomic E-state index is -1.33. The molecule has 12 heteroatoms. The first-order valence-corrected chi connectivity index (χ1v) is 18.9. The monoisotopic (exact) mass is 729 g/mol. The van der Waals surface area contributed by atoms with Crippen LogP contribution in [-0.4, -0.2) is 115 Å². The second kappa shape index (κ2) is 17.5. The molecule has 0 radical (unpaired) electrons. The lowest BCUT2D eigenvalue weighted by Crippen LogP contribution is -2.60. The van der Waals surface area contributed by atoms with Crippen molar-refractivity contribution in [2.75, 3.05) is 27.7 Å². The molecule has 0 unspecified atom stereocenters. The molecule has 3 aliphatic rings. The Balaban J connectivity index is 1.70. The highest BCUT2D eigenvalue weighted by Gasteiger charge is 2.60. The first kappa shape index (κ1) is 41.9. The van der Waals surface area contributed by atoms with Gasteiger partial charge in [0.25, 0.3) is 0 Å². The lowest BCUT2D eigenvalue weighted by molar-refractivity contribution is -0.294. The molecule has 2 fully saturated rings. The van der Waals surface area contributed by atoms with Crippen LogP contribution in [0.5, 0.6) is 0 Å². The number of nitrogens with zero attached hydrogens (tertiary/aromatic N) is 2. The Bertz CT molecular complexity index is 1410. The van der Waals surface area contributed by atoms with Gasteiger partial charge in [-0.3, -0.25) is 4.79 Å². The SMILES string of the molecule is CC[C@H]1OC(=O)/C(C)=C/[C@H](C)[C@@H](O[C@@H]2O[C@H](C)C[C@H](N(C)C)[C@H]2O)[C@@](C)(OC)C[C@@H](C)C(=O)[C@@H](C)[C@H]2N(NCCCc3ccccc3)C(=O)O[C@]12C. The molecule has 0 saturated carbocycles. The normalized spacial score (nSPS) is 39.0. The van der Waals surface area contributed by atoms with E-state index in [-0.39, 0.29) is 24.3 Å². The van der Waals surface area contributed by atoms with Crippen LogP contribution in [0.25, 0.3) is 0 Å². The van der Waals surface area contributed by atoms with Crippen molar-refractivity contribution in [2.45, 2.75) is 141 Å². The summed E-state index contributed by atoms with van der Waals surface area (Å²) in [5.41, 5.74) is 2.40. The molecular formula is C40H63N3O9. The lowest BCUT2D eigenvalue weighted by atomic mass is 9.74. The van der Waals surface area contributed by atoms with E-state index in [9.17, 15) is 19.5 Å². The first-order chi connectivity index (χ1) is 24.5. The molecule has 1 amide bonds. The molecule has 52 heavy (non-hydrogen) atoms. The number of ether oxygens (including phenoxy) is 5. The van der Waals surface area contributed by atoms with Crippen molar-refractivity contribution in [1.82, 2.24) is 15.3 Å². The second-order valence-corrected chi connectivity index (χ2v) is 15.8. The van der Waals surface area contributed by atoms with Gasteiger partial charge in [-0.1, -0.05) is 64.1 Å². The number of benzene rings is 1. The molecule has 12 atom stereocenters. The van der Waals surface area contributed by atoms with Crippen molar-refractivity contribution in [3.8, 4) is 0 Å². The number of Topliss-reactive ketones (excluding diaryl/α,β-unsaturated/α-hetero) is 1. The van der Waals surface area contributed by atoms with Crippen molar-refractivity contribution in [1.29, 1.82) is 0 Å². The molecule has 2 N–H and O–H groups in total. The third-order valence-electron chi connectivity index (χ3n) is 11.5. The maximum atomic E-state index is 14.6. The van der Waals surface area contributed by atoms with E-state index < -0.39 is 71.7 Å². The standard InChI is InChI=1S/C40H63N3O9/c1-12-31-40(8)34(43(38(47)52-40)41-20-16-19-29-17-14-13-15-18-29)28(6)32(44)26(4)23-39(7,48-11)35(24(2)21-25(3)36(46)50-31)51-37-33(45)30(42(9)10)22-27(5)49-37/h13-15,17-18,21,24,26-28,30-31,33-35,37,41,45H,12,16,19-20,22-23H2,1-11H3/b25-21+/t24-,26+,27+,28+,30-,31+,33+,34+,35+,37-,39-,40+/m0/s1. The van der Waals surface area contributed by atoms with Crippen molar-refractivity contribution >= 4 is 17.8 Å². The van der Waals surface area contributed by atoms with Crippen molar-refractivity contribution in [2.24, 2.45) is 17.8 Å². The van der Waals surface area contributed by atoms with Crippen molar-refractivity contribution in [3.05, 3.63) is 47.5 Å². The van der Waals surface area contributed by atoms with E-state index in [4.69, 9.17) is 23.7 Å². The van der Waals surface area contributed by atoms with Crippen molar-refractivity contribution < 1.29 is 43.2 Å². The summed E-state index contributed by atoms with van der Waals surface area (Å²) in [5, 5.41) is 12.8. The average Bonchev–Trinajstić information content (AvgIpc) is 3.36. The number of hydrazine groups is 1. The van der Waals surface area contributed by atoms with Gasteiger partial charge in [-0.05, 0) is 79.5 Å². The number of methoxy groups -OCH3 is 1. The number of hydrogen-bond donors (Lipinski definition) is 2. The molecule has 3 heterocycles. The van der Waals surface area contributed by atoms with Crippen LogP contribution < -0.4 is 5.43 Å². The number of aliphatic hydroxyl groups is 1. The number of hydrogen-bond acceptors (Lipinski definition) is 11. The second-order valence-electron chi connectivity index (χ2n) is 15.8. The van der Waals surface area contributed by atoms with Crippen molar-refractivity contribution in [3.63, 3.8) is 0 Å². The van der Waals surface area contributed by atoms with E-state index in [0.717, 1.165) is 12.8 Å². The summed E-state index contributed by atoms with van der Waals surface area (Å²) in [6, 6.07) is 9.11. The zero-order valence-electron chi connectivity index (χ0n) is 33.1. The minimum Gasteiger partial charge on any atom is -0.455 e. The molecule has 1 aromatic carbocycles. The molecule has 12 nitrogen and oxygen atoms in total. The Kier molecular flexibility index (Phi) is 14.1. The topological polar surface area (TPSA) is 136 Å². The molecule has 292 valence electrons. The third kappa shape index (κ3) is 9.07. The highest BCUT2D eigenvalue weighted by atomic mass is 16.7. The number of carbonyl (C=O) groups is 3. The predicted molar refractivity (Wildman–Crippen MR) is 197 cm³/mol. The van der Waals surface area contributed by atoms with Gasteiger partial charge in [0, 0.05) is 43.0 Å². The number of aryl methyl sites for hydroxylation is 1. The first-order valence-electron chi connectivity index (χ1n) is 18.9. The molecule has 3 aliphatic heterocycles. The summed E-state index contributed by atoms with van der Waals surface area (Å²) in [6.07, 6.45) is 0.259. The number of nitrogens with one attached hydrogen (secondary N) is 1.